The van der Waals surface area contributed by atoms with Crippen LogP contribution in [0.4, 0.5) is 0 Å². The van der Waals surface area contributed by atoms with E-state index < -0.39 is 0 Å². The first-order valence-corrected chi connectivity index (χ1v) is 6.90. The van der Waals surface area contributed by atoms with Crippen molar-refractivity contribution in [2.45, 2.75) is 19.5 Å². The van der Waals surface area contributed by atoms with Crippen LogP contribution in [0, 0.1) is 0 Å². The monoisotopic (exact) mass is 304 g/mol. The highest BCUT2D eigenvalue weighted by Gasteiger charge is 2.00. The van der Waals surface area contributed by atoms with E-state index >= 15 is 0 Å². The van der Waals surface area contributed by atoms with Crippen molar-refractivity contribution in [1.29, 1.82) is 0 Å². The van der Waals surface area contributed by atoms with Crippen LogP contribution in [-0.2, 0) is 17.9 Å². The zero-order valence-corrected chi connectivity index (χ0v) is 12.7. The lowest BCUT2D eigenvalue weighted by molar-refractivity contribution is -0.121. The molecule has 0 atom stereocenters. The Morgan fingerprint density at radius 3 is 1.90 bits per heavy atom. The maximum absolute atomic E-state index is 11.7. The fourth-order valence-electron chi connectivity index (χ4n) is 1.92. The molecule has 0 bridgehead atoms. The molecule has 0 heterocycles. The van der Waals surface area contributed by atoms with Gasteiger partial charge in [0, 0.05) is 26.1 Å². The molecule has 3 nitrogen and oxygen atoms in total. The lowest BCUT2D eigenvalue weighted by Gasteiger charge is -2.06. The Morgan fingerprint density at radius 1 is 0.810 bits per heavy atom. The van der Waals surface area contributed by atoms with E-state index in [1.54, 1.807) is 0 Å². The zero-order valence-electron chi connectivity index (χ0n) is 11.9. The second-order valence-corrected chi connectivity index (χ2v) is 4.67. The van der Waals surface area contributed by atoms with Crippen molar-refractivity contribution in [3.05, 3.63) is 71.8 Å². The lowest BCUT2D eigenvalue weighted by atomic mass is 10.2. The summed E-state index contributed by atoms with van der Waals surface area (Å²) < 4.78 is 0. The molecule has 0 radical (unpaired) electrons. The summed E-state index contributed by atoms with van der Waals surface area (Å²) in [6.45, 7) is 2.08. The van der Waals surface area contributed by atoms with Crippen molar-refractivity contribution in [3.8, 4) is 0 Å². The minimum Gasteiger partial charge on any atom is -0.352 e. The third-order valence-electron chi connectivity index (χ3n) is 3.03. The van der Waals surface area contributed by atoms with E-state index in [4.69, 9.17) is 0 Å². The van der Waals surface area contributed by atoms with Crippen LogP contribution in [-0.4, -0.2) is 12.5 Å². The van der Waals surface area contributed by atoms with Crippen molar-refractivity contribution in [1.82, 2.24) is 10.6 Å². The summed E-state index contributed by atoms with van der Waals surface area (Å²) >= 11 is 0. The van der Waals surface area contributed by atoms with Crippen molar-refractivity contribution < 1.29 is 4.79 Å². The molecule has 0 spiro atoms. The topological polar surface area (TPSA) is 41.1 Å². The van der Waals surface area contributed by atoms with Crippen LogP contribution in [0.15, 0.2) is 60.7 Å². The summed E-state index contributed by atoms with van der Waals surface area (Å²) in [6.07, 6.45) is 0.500. The highest BCUT2D eigenvalue weighted by atomic mass is 35.5. The number of rotatable bonds is 7. The van der Waals surface area contributed by atoms with Gasteiger partial charge in [-0.25, -0.2) is 0 Å². The van der Waals surface area contributed by atoms with E-state index in [0.29, 0.717) is 19.5 Å². The van der Waals surface area contributed by atoms with Crippen LogP contribution < -0.4 is 10.6 Å². The predicted molar refractivity (Wildman–Crippen MR) is 88.3 cm³/mol. The Balaban J connectivity index is 0.00000220. The van der Waals surface area contributed by atoms with Gasteiger partial charge in [0.1, 0.15) is 0 Å². The molecule has 2 rings (SSSR count). The molecule has 1 amide bonds. The highest BCUT2D eigenvalue weighted by molar-refractivity contribution is 5.85. The molecule has 0 aliphatic heterocycles. The highest BCUT2D eigenvalue weighted by Crippen LogP contribution is 1.98. The number of carbonyl (C=O) groups excluding carboxylic acids is 1. The van der Waals surface area contributed by atoms with E-state index in [1.165, 1.54) is 5.56 Å². The molecule has 0 aromatic heterocycles. The molecule has 0 aliphatic rings. The summed E-state index contributed by atoms with van der Waals surface area (Å²) in [5.74, 6) is 0.0782. The van der Waals surface area contributed by atoms with Crippen LogP contribution >= 0.6 is 12.4 Å². The number of amides is 1. The van der Waals surface area contributed by atoms with Crippen LogP contribution in [0.2, 0.25) is 0 Å². The van der Waals surface area contributed by atoms with Crippen LogP contribution in [0.1, 0.15) is 17.5 Å². The van der Waals surface area contributed by atoms with E-state index in [-0.39, 0.29) is 18.3 Å². The summed E-state index contributed by atoms with van der Waals surface area (Å²) in [7, 11) is 0. The van der Waals surface area contributed by atoms with Gasteiger partial charge in [0.15, 0.2) is 0 Å². The van der Waals surface area contributed by atoms with Gasteiger partial charge in [0.25, 0.3) is 0 Å². The van der Waals surface area contributed by atoms with Gasteiger partial charge < -0.3 is 10.6 Å². The fourth-order valence-corrected chi connectivity index (χ4v) is 1.92. The molecule has 2 N–H and O–H groups in total. The predicted octanol–water partition coefficient (Wildman–Crippen LogP) is 2.90. The van der Waals surface area contributed by atoms with Gasteiger partial charge in [-0.15, -0.1) is 12.4 Å². The van der Waals surface area contributed by atoms with Crippen LogP contribution in [0.3, 0.4) is 0 Å². The number of carbonyl (C=O) groups is 1. The Morgan fingerprint density at radius 2 is 1.33 bits per heavy atom. The zero-order chi connectivity index (χ0) is 14.0. The van der Waals surface area contributed by atoms with Gasteiger partial charge in [-0.05, 0) is 11.1 Å². The van der Waals surface area contributed by atoms with Gasteiger partial charge in [-0.2, -0.15) is 0 Å². The van der Waals surface area contributed by atoms with E-state index in [0.717, 1.165) is 12.1 Å². The first kappa shape index (κ1) is 17.2. The maximum Gasteiger partial charge on any atom is 0.221 e. The molecule has 0 unspecified atom stereocenters. The minimum atomic E-state index is 0. The number of hydrogen-bond donors (Lipinski definition) is 2. The van der Waals surface area contributed by atoms with Gasteiger partial charge in [-0.1, -0.05) is 60.7 Å². The number of hydrogen-bond acceptors (Lipinski definition) is 2. The molecule has 2 aromatic rings. The minimum absolute atomic E-state index is 0. The third-order valence-corrected chi connectivity index (χ3v) is 3.03. The van der Waals surface area contributed by atoms with E-state index in [1.807, 2.05) is 48.5 Å². The van der Waals surface area contributed by atoms with Crippen molar-refractivity contribution in [2.75, 3.05) is 6.54 Å². The summed E-state index contributed by atoms with van der Waals surface area (Å²) in [5.41, 5.74) is 2.36. The van der Waals surface area contributed by atoms with Crippen molar-refractivity contribution >= 4 is 18.3 Å². The lowest BCUT2D eigenvalue weighted by Crippen LogP contribution is -2.27. The molecular weight excluding hydrogens is 284 g/mol. The van der Waals surface area contributed by atoms with Crippen LogP contribution in [0.5, 0.6) is 0 Å². The van der Waals surface area contributed by atoms with Gasteiger partial charge in [0.05, 0.1) is 0 Å². The number of halogens is 1. The summed E-state index contributed by atoms with van der Waals surface area (Å²) in [5, 5.41) is 6.19. The molecule has 0 fully saturated rings. The van der Waals surface area contributed by atoms with E-state index in [9.17, 15) is 4.79 Å². The molecular formula is C17H21ClN2O. The van der Waals surface area contributed by atoms with Crippen LogP contribution in [0.25, 0.3) is 0 Å². The number of nitrogens with one attached hydrogen (secondary N) is 2. The van der Waals surface area contributed by atoms with E-state index in [2.05, 4.69) is 22.8 Å². The van der Waals surface area contributed by atoms with Gasteiger partial charge >= 0.3 is 0 Å². The summed E-state index contributed by atoms with van der Waals surface area (Å²) in [6, 6.07) is 20.1. The largest absolute Gasteiger partial charge is 0.352 e. The van der Waals surface area contributed by atoms with Gasteiger partial charge in [0.2, 0.25) is 5.91 Å². The average molecular weight is 305 g/mol. The normalized spacial score (nSPS) is 9.71. The fraction of sp³-hybridized carbons (Fsp3) is 0.235. The molecule has 2 aromatic carbocycles. The number of benzene rings is 2. The molecule has 0 aliphatic carbocycles. The maximum atomic E-state index is 11.7. The Labute approximate surface area is 132 Å². The Kier molecular flexibility index (Phi) is 8.17. The molecule has 4 heteroatoms. The average Bonchev–Trinajstić information content (AvgIpc) is 2.52. The Hall–Kier alpha value is -1.84. The summed E-state index contributed by atoms with van der Waals surface area (Å²) in [4.78, 5) is 11.7. The smallest absolute Gasteiger partial charge is 0.221 e. The standard InChI is InChI=1S/C17H20N2O.ClH/c20-17(19-14-16-9-5-2-6-10-16)11-12-18-13-15-7-3-1-4-8-15;/h1-10,18H,11-14H2,(H,19,20);1H. The third kappa shape index (κ3) is 6.93. The second-order valence-electron chi connectivity index (χ2n) is 4.67. The molecule has 112 valence electrons. The second kappa shape index (κ2) is 9.97. The van der Waals surface area contributed by atoms with Crippen molar-refractivity contribution in [2.24, 2.45) is 0 Å². The molecule has 0 saturated carbocycles. The first-order chi connectivity index (χ1) is 9.84. The Bertz CT molecular complexity index is 517. The van der Waals surface area contributed by atoms with Gasteiger partial charge in [-0.3, -0.25) is 4.79 Å². The molecule has 0 saturated heterocycles. The van der Waals surface area contributed by atoms with Crippen molar-refractivity contribution in [3.63, 3.8) is 0 Å². The quantitative estimate of drug-likeness (QED) is 0.772. The SMILES string of the molecule is Cl.O=C(CCNCc1ccccc1)NCc1ccccc1. The molecule has 21 heavy (non-hydrogen) atoms. The first-order valence-electron chi connectivity index (χ1n) is 6.90.